The second-order valence-electron chi connectivity index (χ2n) is 3.05. The molecule has 2 heterocycles. The zero-order valence-corrected chi connectivity index (χ0v) is 8.98. The van der Waals surface area contributed by atoms with Crippen molar-refractivity contribution in [1.82, 2.24) is 10.3 Å². The van der Waals surface area contributed by atoms with Crippen LogP contribution in [0.5, 0.6) is 0 Å². The number of aromatic amines is 1. The number of hydrogen-bond acceptors (Lipinski definition) is 3. The van der Waals surface area contributed by atoms with Gasteiger partial charge in [0.2, 0.25) is 5.43 Å². The van der Waals surface area contributed by atoms with Crippen molar-refractivity contribution in [1.29, 1.82) is 0 Å². The Kier molecular flexibility index (Phi) is 2.55. The normalized spacial score (nSPS) is 10.5. The van der Waals surface area contributed by atoms with E-state index in [1.807, 2.05) is 18.4 Å². The van der Waals surface area contributed by atoms with Gasteiger partial charge >= 0.3 is 0 Å². The van der Waals surface area contributed by atoms with Crippen molar-refractivity contribution in [2.75, 3.05) is 6.54 Å². The molecule has 0 aliphatic rings. The van der Waals surface area contributed by atoms with Crippen molar-refractivity contribution < 1.29 is 4.79 Å². The summed E-state index contributed by atoms with van der Waals surface area (Å²) < 4.78 is 0.596. The molecule has 4 nitrogen and oxygen atoms in total. The number of H-pyrrole nitrogens is 1. The number of thiophene rings is 1. The topological polar surface area (TPSA) is 62.0 Å². The molecule has 0 spiro atoms. The second-order valence-corrected chi connectivity index (χ2v) is 3.97. The lowest BCUT2D eigenvalue weighted by atomic mass is 10.2. The number of aromatic nitrogens is 1. The second kappa shape index (κ2) is 3.86. The van der Waals surface area contributed by atoms with E-state index < -0.39 is 0 Å². The molecular weight excluding hydrogens is 212 g/mol. The molecule has 0 saturated heterocycles. The molecule has 0 aromatic carbocycles. The Morgan fingerprint density at radius 2 is 2.40 bits per heavy atom. The summed E-state index contributed by atoms with van der Waals surface area (Å²) in [7, 11) is 0. The third-order valence-electron chi connectivity index (χ3n) is 2.07. The molecule has 0 bridgehead atoms. The molecule has 0 unspecified atom stereocenters. The third kappa shape index (κ3) is 1.66. The van der Waals surface area contributed by atoms with E-state index in [1.54, 1.807) is 0 Å². The van der Waals surface area contributed by atoms with Crippen molar-refractivity contribution >= 4 is 27.5 Å². The van der Waals surface area contributed by atoms with E-state index in [-0.39, 0.29) is 16.9 Å². The van der Waals surface area contributed by atoms with Crippen LogP contribution in [-0.4, -0.2) is 17.4 Å². The van der Waals surface area contributed by atoms with Gasteiger partial charge in [0.15, 0.2) is 0 Å². The van der Waals surface area contributed by atoms with E-state index in [2.05, 4.69) is 10.3 Å². The number of rotatable bonds is 2. The molecule has 0 atom stereocenters. The minimum atomic E-state index is -0.325. The minimum Gasteiger partial charge on any atom is -0.359 e. The fourth-order valence-corrected chi connectivity index (χ4v) is 2.17. The monoisotopic (exact) mass is 222 g/mol. The van der Waals surface area contributed by atoms with E-state index in [9.17, 15) is 9.59 Å². The largest absolute Gasteiger partial charge is 0.359 e. The smallest absolute Gasteiger partial charge is 0.256 e. The van der Waals surface area contributed by atoms with Crippen molar-refractivity contribution in [3.63, 3.8) is 0 Å². The molecule has 5 heteroatoms. The first-order chi connectivity index (χ1) is 7.24. The Hall–Kier alpha value is -1.62. The molecule has 0 radical (unpaired) electrons. The predicted octanol–water partition coefficient (Wildman–Crippen LogP) is 1.34. The quantitative estimate of drug-likeness (QED) is 0.805. The van der Waals surface area contributed by atoms with Crippen LogP contribution in [0.3, 0.4) is 0 Å². The molecule has 78 valence electrons. The van der Waals surface area contributed by atoms with Crippen LogP contribution < -0.4 is 10.7 Å². The van der Waals surface area contributed by atoms with Crippen LogP contribution in [-0.2, 0) is 0 Å². The van der Waals surface area contributed by atoms with Gasteiger partial charge in [0.25, 0.3) is 5.91 Å². The number of fused-ring (bicyclic) bond motifs is 1. The molecule has 2 aromatic rings. The summed E-state index contributed by atoms with van der Waals surface area (Å²) in [4.78, 5) is 26.3. The Labute approximate surface area is 89.9 Å². The fraction of sp³-hybridized carbons (Fsp3) is 0.200. The molecule has 2 aromatic heterocycles. The highest BCUT2D eigenvalue weighted by Gasteiger charge is 2.12. The number of nitrogens with one attached hydrogen (secondary N) is 2. The number of hydrogen-bond donors (Lipinski definition) is 2. The van der Waals surface area contributed by atoms with E-state index in [0.29, 0.717) is 11.2 Å². The Balaban J connectivity index is 2.57. The van der Waals surface area contributed by atoms with Gasteiger partial charge in [-0.15, -0.1) is 11.3 Å². The third-order valence-corrected chi connectivity index (χ3v) is 2.98. The molecule has 0 fully saturated rings. The zero-order chi connectivity index (χ0) is 10.8. The van der Waals surface area contributed by atoms with Crippen molar-refractivity contribution in [2.45, 2.75) is 6.92 Å². The summed E-state index contributed by atoms with van der Waals surface area (Å²) in [6.45, 7) is 2.33. The summed E-state index contributed by atoms with van der Waals surface area (Å²) in [6.07, 6.45) is 1.46. The lowest BCUT2D eigenvalue weighted by Gasteiger charge is -2.00. The van der Waals surface area contributed by atoms with Crippen molar-refractivity contribution in [2.24, 2.45) is 0 Å². The van der Waals surface area contributed by atoms with Gasteiger partial charge in [0.1, 0.15) is 5.56 Å². The summed E-state index contributed by atoms with van der Waals surface area (Å²) in [5.74, 6) is -0.325. The first-order valence-electron chi connectivity index (χ1n) is 4.61. The van der Waals surface area contributed by atoms with Crippen LogP contribution in [0.4, 0.5) is 0 Å². The number of carbonyl (C=O) groups is 1. The highest BCUT2D eigenvalue weighted by molar-refractivity contribution is 7.17. The molecule has 15 heavy (non-hydrogen) atoms. The van der Waals surface area contributed by atoms with E-state index in [4.69, 9.17) is 0 Å². The fourth-order valence-electron chi connectivity index (χ4n) is 1.36. The number of carbonyl (C=O) groups excluding carboxylic acids is 1. The molecule has 0 saturated carbocycles. The first kappa shape index (κ1) is 9.92. The lowest BCUT2D eigenvalue weighted by Crippen LogP contribution is -2.28. The van der Waals surface area contributed by atoms with Gasteiger partial charge in [-0.05, 0) is 18.4 Å². The van der Waals surface area contributed by atoms with Crippen molar-refractivity contribution in [3.8, 4) is 0 Å². The number of amides is 1. The predicted molar refractivity (Wildman–Crippen MR) is 60.5 cm³/mol. The minimum absolute atomic E-state index is 0.173. The standard InChI is InChI=1S/C10H10N2O2S/c1-2-11-10(14)6-5-12-7-3-4-15-9(7)8(6)13/h3-5H,2H2,1H3,(H,11,14)(H,12,13). The van der Waals surface area contributed by atoms with Gasteiger partial charge in [-0.2, -0.15) is 0 Å². The molecule has 2 N–H and O–H groups in total. The van der Waals surface area contributed by atoms with Gasteiger partial charge in [0.05, 0.1) is 10.2 Å². The summed E-state index contributed by atoms with van der Waals surface area (Å²) in [6, 6.07) is 1.82. The maximum Gasteiger partial charge on any atom is 0.256 e. The van der Waals surface area contributed by atoms with Crippen LogP contribution in [0.25, 0.3) is 10.2 Å². The van der Waals surface area contributed by atoms with E-state index in [1.165, 1.54) is 17.5 Å². The van der Waals surface area contributed by atoms with Crippen LogP contribution in [0, 0.1) is 0 Å². The van der Waals surface area contributed by atoms with Gasteiger partial charge in [-0.25, -0.2) is 0 Å². The average molecular weight is 222 g/mol. The Bertz CT molecular complexity index is 556. The highest BCUT2D eigenvalue weighted by Crippen LogP contribution is 2.14. The lowest BCUT2D eigenvalue weighted by molar-refractivity contribution is 0.0954. The van der Waals surface area contributed by atoms with E-state index >= 15 is 0 Å². The Morgan fingerprint density at radius 3 is 3.13 bits per heavy atom. The van der Waals surface area contributed by atoms with Crippen LogP contribution in [0.15, 0.2) is 22.4 Å². The van der Waals surface area contributed by atoms with Gasteiger partial charge < -0.3 is 10.3 Å². The molecule has 1 amide bonds. The molecular formula is C10H10N2O2S. The zero-order valence-electron chi connectivity index (χ0n) is 8.16. The first-order valence-corrected chi connectivity index (χ1v) is 5.49. The van der Waals surface area contributed by atoms with E-state index in [0.717, 1.165) is 5.52 Å². The highest BCUT2D eigenvalue weighted by atomic mass is 32.1. The summed E-state index contributed by atoms with van der Waals surface area (Å²) in [5, 5.41) is 4.43. The van der Waals surface area contributed by atoms with Crippen LogP contribution >= 0.6 is 11.3 Å². The van der Waals surface area contributed by atoms with Crippen LogP contribution in [0.2, 0.25) is 0 Å². The van der Waals surface area contributed by atoms with Crippen LogP contribution in [0.1, 0.15) is 17.3 Å². The summed E-state index contributed by atoms with van der Waals surface area (Å²) in [5.41, 5.74) is 0.745. The number of pyridine rings is 1. The molecule has 0 aliphatic carbocycles. The maximum absolute atomic E-state index is 11.8. The SMILES string of the molecule is CCNC(=O)c1c[nH]c2ccsc2c1=O. The van der Waals surface area contributed by atoms with Gasteiger partial charge in [-0.3, -0.25) is 9.59 Å². The van der Waals surface area contributed by atoms with Gasteiger partial charge in [-0.1, -0.05) is 0 Å². The average Bonchev–Trinajstić information content (AvgIpc) is 2.67. The molecule has 0 aliphatic heterocycles. The van der Waals surface area contributed by atoms with Crippen molar-refractivity contribution in [3.05, 3.63) is 33.4 Å². The Morgan fingerprint density at radius 1 is 1.60 bits per heavy atom. The summed E-state index contributed by atoms with van der Waals surface area (Å²) >= 11 is 1.34. The van der Waals surface area contributed by atoms with Gasteiger partial charge in [0, 0.05) is 12.7 Å². The maximum atomic E-state index is 11.8. The molecule has 2 rings (SSSR count).